The van der Waals surface area contributed by atoms with Gasteiger partial charge in [0.25, 0.3) is 0 Å². The van der Waals surface area contributed by atoms with Crippen molar-refractivity contribution in [2.24, 2.45) is 5.41 Å². The zero-order valence-electron chi connectivity index (χ0n) is 18.0. The smallest absolute Gasteiger partial charge is 0.161 e. The Kier molecular flexibility index (Phi) is 5.28. The topological polar surface area (TPSA) is 47.8 Å². The van der Waals surface area contributed by atoms with Gasteiger partial charge in [0.1, 0.15) is 17.2 Å². The molecule has 150 valence electrons. The first-order valence-electron chi connectivity index (χ1n) is 9.61. The van der Waals surface area contributed by atoms with Crippen molar-refractivity contribution in [3.8, 4) is 22.8 Å². The highest BCUT2D eigenvalue weighted by Gasteiger charge is 2.28. The number of ether oxygens (including phenoxy) is 2. The van der Waals surface area contributed by atoms with Gasteiger partial charge in [-0.1, -0.05) is 26.8 Å². The van der Waals surface area contributed by atoms with E-state index in [-0.39, 0.29) is 11.0 Å². The van der Waals surface area contributed by atoms with Crippen LogP contribution in [0.5, 0.6) is 11.5 Å². The van der Waals surface area contributed by atoms with Gasteiger partial charge in [0.05, 0.1) is 14.2 Å². The number of hydrogen-bond donors (Lipinski definition) is 1. The highest BCUT2D eigenvalue weighted by molar-refractivity contribution is 5.78. The third kappa shape index (κ3) is 4.24. The van der Waals surface area contributed by atoms with Crippen molar-refractivity contribution in [2.75, 3.05) is 19.5 Å². The number of imidazole rings is 1. The molecule has 2 aromatic heterocycles. The largest absolute Gasteiger partial charge is 0.493 e. The Morgan fingerprint density at radius 3 is 2.32 bits per heavy atom. The van der Waals surface area contributed by atoms with Crippen molar-refractivity contribution in [3.63, 3.8) is 0 Å². The summed E-state index contributed by atoms with van der Waals surface area (Å²) in [6, 6.07) is 12.0. The molecule has 0 aliphatic carbocycles. The monoisotopic (exact) mass is 381 g/mol. The molecule has 28 heavy (non-hydrogen) atoms. The lowest BCUT2D eigenvalue weighted by molar-refractivity contribution is 0.302. The second-order valence-corrected chi connectivity index (χ2v) is 9.05. The first-order valence-corrected chi connectivity index (χ1v) is 9.61. The van der Waals surface area contributed by atoms with Gasteiger partial charge in [-0.25, -0.2) is 4.98 Å². The van der Waals surface area contributed by atoms with Crippen molar-refractivity contribution >= 4 is 11.5 Å². The average molecular weight is 382 g/mol. The van der Waals surface area contributed by atoms with Crippen LogP contribution in [-0.2, 0) is 0 Å². The first-order chi connectivity index (χ1) is 13.1. The fourth-order valence-electron chi connectivity index (χ4n) is 3.99. The Morgan fingerprint density at radius 1 is 0.964 bits per heavy atom. The van der Waals surface area contributed by atoms with Crippen LogP contribution in [0, 0.1) is 5.41 Å². The summed E-state index contributed by atoms with van der Waals surface area (Å²) in [6.45, 7) is 11.3. The number of anilines is 1. The second-order valence-electron chi connectivity index (χ2n) is 9.05. The summed E-state index contributed by atoms with van der Waals surface area (Å²) in [4.78, 5) is 4.90. The fourth-order valence-corrected chi connectivity index (χ4v) is 3.99. The number of methoxy groups -OCH3 is 2. The molecule has 5 heteroatoms. The SMILES string of the molecule is COc1ccc(-c2nc3ccccn3c2NC(C)(C)CC(C)(C)C)cc1OC. The van der Waals surface area contributed by atoms with Gasteiger partial charge >= 0.3 is 0 Å². The molecule has 0 unspecified atom stereocenters. The van der Waals surface area contributed by atoms with E-state index in [2.05, 4.69) is 44.3 Å². The molecule has 3 aromatic rings. The Morgan fingerprint density at radius 2 is 1.68 bits per heavy atom. The average Bonchev–Trinajstić information content (AvgIpc) is 2.97. The van der Waals surface area contributed by atoms with Gasteiger partial charge in [-0.05, 0) is 56.0 Å². The lowest BCUT2D eigenvalue weighted by Gasteiger charge is -2.34. The van der Waals surface area contributed by atoms with Crippen molar-refractivity contribution in [3.05, 3.63) is 42.6 Å². The van der Waals surface area contributed by atoms with Crippen LogP contribution in [0.3, 0.4) is 0 Å². The molecular formula is C23H31N3O2. The maximum absolute atomic E-state index is 5.50. The highest BCUT2D eigenvalue weighted by Crippen LogP contribution is 2.38. The number of rotatable bonds is 6. The molecule has 1 N–H and O–H groups in total. The zero-order chi connectivity index (χ0) is 20.5. The van der Waals surface area contributed by atoms with Crippen LogP contribution in [-0.4, -0.2) is 29.1 Å². The van der Waals surface area contributed by atoms with Gasteiger partial charge in [0.15, 0.2) is 11.5 Å². The van der Waals surface area contributed by atoms with Gasteiger partial charge in [-0.2, -0.15) is 0 Å². The van der Waals surface area contributed by atoms with E-state index < -0.39 is 0 Å². The summed E-state index contributed by atoms with van der Waals surface area (Å²) in [5, 5.41) is 3.76. The van der Waals surface area contributed by atoms with E-state index in [4.69, 9.17) is 14.5 Å². The maximum atomic E-state index is 5.50. The van der Waals surface area contributed by atoms with Crippen LogP contribution in [0.2, 0.25) is 0 Å². The van der Waals surface area contributed by atoms with E-state index >= 15 is 0 Å². The minimum Gasteiger partial charge on any atom is -0.493 e. The molecule has 1 aromatic carbocycles. The molecule has 0 atom stereocenters. The molecule has 0 bridgehead atoms. The van der Waals surface area contributed by atoms with Gasteiger partial charge in [0, 0.05) is 17.3 Å². The van der Waals surface area contributed by atoms with Crippen molar-refractivity contribution < 1.29 is 9.47 Å². The number of hydrogen-bond acceptors (Lipinski definition) is 4. The molecule has 0 spiro atoms. The number of aromatic nitrogens is 2. The van der Waals surface area contributed by atoms with E-state index in [1.807, 2.05) is 42.6 Å². The first kappa shape index (κ1) is 20.1. The molecular weight excluding hydrogens is 350 g/mol. The summed E-state index contributed by atoms with van der Waals surface area (Å²) in [5.74, 6) is 2.38. The predicted octanol–water partition coefficient (Wildman–Crippen LogP) is 5.65. The maximum Gasteiger partial charge on any atom is 0.161 e. The molecule has 2 heterocycles. The quantitative estimate of drug-likeness (QED) is 0.600. The lowest BCUT2D eigenvalue weighted by atomic mass is 9.82. The molecule has 0 radical (unpaired) electrons. The van der Waals surface area contributed by atoms with Crippen LogP contribution >= 0.6 is 0 Å². The zero-order valence-corrected chi connectivity index (χ0v) is 18.0. The van der Waals surface area contributed by atoms with E-state index in [0.717, 1.165) is 29.1 Å². The highest BCUT2D eigenvalue weighted by atomic mass is 16.5. The van der Waals surface area contributed by atoms with Gasteiger partial charge in [0.2, 0.25) is 0 Å². The van der Waals surface area contributed by atoms with Crippen molar-refractivity contribution in [1.82, 2.24) is 9.38 Å². The minimum absolute atomic E-state index is 0.102. The van der Waals surface area contributed by atoms with Gasteiger partial charge in [-0.15, -0.1) is 0 Å². The molecule has 5 nitrogen and oxygen atoms in total. The Balaban J connectivity index is 2.12. The summed E-state index contributed by atoms with van der Waals surface area (Å²) < 4.78 is 13.0. The second kappa shape index (κ2) is 7.38. The number of benzene rings is 1. The number of nitrogens with one attached hydrogen (secondary N) is 1. The van der Waals surface area contributed by atoms with Crippen molar-refractivity contribution in [1.29, 1.82) is 0 Å². The minimum atomic E-state index is -0.102. The normalized spacial score (nSPS) is 12.2. The molecule has 0 fully saturated rings. The van der Waals surface area contributed by atoms with Crippen LogP contribution in [0.15, 0.2) is 42.6 Å². The fraction of sp³-hybridized carbons (Fsp3) is 0.435. The van der Waals surface area contributed by atoms with Crippen LogP contribution in [0.4, 0.5) is 5.82 Å². The Bertz CT molecular complexity index is 968. The molecule has 0 aliphatic rings. The van der Waals surface area contributed by atoms with E-state index in [0.29, 0.717) is 11.5 Å². The molecule has 0 saturated heterocycles. The number of fused-ring (bicyclic) bond motifs is 1. The third-order valence-electron chi connectivity index (χ3n) is 4.62. The molecule has 0 saturated carbocycles. The van der Waals surface area contributed by atoms with E-state index in [1.54, 1.807) is 14.2 Å². The standard InChI is InChI=1S/C23H31N3O2/c1-22(2,3)15-23(4,5)25-21-20(24-19-10-8-9-13-26(19)21)16-11-12-17(27-6)18(14-16)28-7/h8-14,25H,15H2,1-7H3. The Labute approximate surface area is 167 Å². The van der Waals surface area contributed by atoms with Crippen LogP contribution < -0.4 is 14.8 Å². The lowest BCUT2D eigenvalue weighted by Crippen LogP contribution is -2.36. The number of pyridine rings is 1. The summed E-state index contributed by atoms with van der Waals surface area (Å²) in [6.07, 6.45) is 3.06. The molecule has 3 rings (SSSR count). The third-order valence-corrected chi connectivity index (χ3v) is 4.62. The Hall–Kier alpha value is -2.69. The predicted molar refractivity (Wildman–Crippen MR) is 116 cm³/mol. The summed E-state index contributed by atoms with van der Waals surface area (Å²) in [5.41, 5.74) is 2.89. The van der Waals surface area contributed by atoms with Crippen LogP contribution in [0.25, 0.3) is 16.9 Å². The molecule has 0 aliphatic heterocycles. The van der Waals surface area contributed by atoms with Gasteiger partial charge in [-0.3, -0.25) is 4.40 Å². The van der Waals surface area contributed by atoms with E-state index in [9.17, 15) is 0 Å². The van der Waals surface area contributed by atoms with E-state index in [1.165, 1.54) is 0 Å². The van der Waals surface area contributed by atoms with Crippen molar-refractivity contribution in [2.45, 2.75) is 46.6 Å². The van der Waals surface area contributed by atoms with Gasteiger partial charge < -0.3 is 14.8 Å². The summed E-state index contributed by atoms with van der Waals surface area (Å²) in [7, 11) is 3.29. The van der Waals surface area contributed by atoms with Crippen LogP contribution in [0.1, 0.15) is 41.0 Å². The summed E-state index contributed by atoms with van der Waals surface area (Å²) >= 11 is 0. The number of nitrogens with zero attached hydrogens (tertiary/aromatic N) is 2. The molecule has 0 amide bonds.